The van der Waals surface area contributed by atoms with E-state index in [0.29, 0.717) is 22.2 Å². The number of hydrazone groups is 1. The van der Waals surface area contributed by atoms with Crippen LogP contribution in [-0.4, -0.2) is 24.8 Å². The second kappa shape index (κ2) is 5.26. The highest BCUT2D eigenvalue weighted by molar-refractivity contribution is 6.36. The second-order valence-electron chi connectivity index (χ2n) is 4.03. The summed E-state index contributed by atoms with van der Waals surface area (Å²) in [6.07, 6.45) is -0.130. The molecular formula is C12H12Cl2N2O2. The van der Waals surface area contributed by atoms with E-state index < -0.39 is 6.10 Å². The summed E-state index contributed by atoms with van der Waals surface area (Å²) in [5.74, 6) is -0.245. The Labute approximate surface area is 115 Å². The highest BCUT2D eigenvalue weighted by atomic mass is 35.5. The van der Waals surface area contributed by atoms with Gasteiger partial charge in [0.25, 0.3) is 5.91 Å². The predicted molar refractivity (Wildman–Crippen MR) is 71.3 cm³/mol. The number of rotatable bonds is 2. The van der Waals surface area contributed by atoms with Crippen molar-refractivity contribution < 1.29 is 9.53 Å². The first-order chi connectivity index (χ1) is 8.52. The van der Waals surface area contributed by atoms with Gasteiger partial charge in [-0.25, -0.2) is 5.43 Å². The van der Waals surface area contributed by atoms with E-state index in [4.69, 9.17) is 27.9 Å². The Morgan fingerprint density at radius 2 is 2.00 bits per heavy atom. The van der Waals surface area contributed by atoms with Gasteiger partial charge in [0.05, 0.1) is 5.71 Å². The highest BCUT2D eigenvalue weighted by Crippen LogP contribution is 2.27. The molecule has 1 N–H and O–H groups in total. The fraction of sp³-hybridized carbons (Fsp3) is 0.333. The lowest BCUT2D eigenvalue weighted by Gasteiger charge is -2.20. The Kier molecular flexibility index (Phi) is 3.90. The van der Waals surface area contributed by atoms with Gasteiger partial charge in [-0.1, -0.05) is 23.2 Å². The van der Waals surface area contributed by atoms with Crippen molar-refractivity contribution in [3.05, 3.63) is 33.3 Å². The zero-order valence-corrected chi connectivity index (χ0v) is 11.5. The van der Waals surface area contributed by atoms with Crippen molar-refractivity contribution in [3.8, 4) is 0 Å². The summed E-state index contributed by atoms with van der Waals surface area (Å²) in [6.45, 7) is 1.84. The number of hydrogen-bond acceptors (Lipinski definition) is 3. The predicted octanol–water partition coefficient (Wildman–Crippen LogP) is 2.54. The molecule has 0 bridgehead atoms. The molecule has 0 aliphatic carbocycles. The first kappa shape index (κ1) is 13.3. The molecule has 4 nitrogen and oxygen atoms in total. The van der Waals surface area contributed by atoms with Crippen LogP contribution in [-0.2, 0) is 9.53 Å². The van der Waals surface area contributed by atoms with Gasteiger partial charge in [0.2, 0.25) is 0 Å². The van der Waals surface area contributed by atoms with Gasteiger partial charge in [0.15, 0.2) is 0 Å². The first-order valence-electron chi connectivity index (χ1n) is 5.38. The van der Waals surface area contributed by atoms with E-state index in [9.17, 15) is 4.79 Å². The highest BCUT2D eigenvalue weighted by Gasteiger charge is 2.25. The molecule has 1 aromatic rings. The summed E-state index contributed by atoms with van der Waals surface area (Å²) in [4.78, 5) is 11.4. The monoisotopic (exact) mass is 286 g/mol. The lowest BCUT2D eigenvalue weighted by molar-refractivity contribution is -0.131. The number of methoxy groups -OCH3 is 1. The molecule has 1 aliphatic heterocycles. The van der Waals surface area contributed by atoms with Crippen LogP contribution in [0.25, 0.3) is 0 Å². The molecule has 0 spiro atoms. The molecule has 1 unspecified atom stereocenters. The number of halogens is 2. The van der Waals surface area contributed by atoms with Crippen LogP contribution in [0.5, 0.6) is 0 Å². The average Bonchev–Trinajstić information content (AvgIpc) is 2.36. The van der Waals surface area contributed by atoms with Crippen LogP contribution in [0.15, 0.2) is 17.2 Å². The molecule has 18 heavy (non-hydrogen) atoms. The molecule has 2 rings (SSSR count). The molecule has 6 heteroatoms. The Bertz CT molecular complexity index is 506. The maximum absolute atomic E-state index is 11.4. The van der Waals surface area contributed by atoms with Crippen molar-refractivity contribution in [3.63, 3.8) is 0 Å². The van der Waals surface area contributed by atoms with Gasteiger partial charge in [-0.05, 0) is 24.6 Å². The summed E-state index contributed by atoms with van der Waals surface area (Å²) in [6, 6.07) is 3.57. The van der Waals surface area contributed by atoms with Gasteiger partial charge in [0, 0.05) is 29.1 Å². The summed E-state index contributed by atoms with van der Waals surface area (Å²) in [5, 5.41) is 5.16. The topological polar surface area (TPSA) is 50.7 Å². The molecule has 1 heterocycles. The van der Waals surface area contributed by atoms with E-state index in [1.54, 1.807) is 12.1 Å². The number of benzene rings is 1. The quantitative estimate of drug-likeness (QED) is 0.908. The number of carbonyl (C=O) groups is 1. The molecule has 0 aromatic heterocycles. The third kappa shape index (κ3) is 2.51. The Hall–Kier alpha value is -1.10. The second-order valence-corrected chi connectivity index (χ2v) is 4.84. The third-order valence-corrected chi connectivity index (χ3v) is 3.66. The van der Waals surface area contributed by atoms with Gasteiger partial charge >= 0.3 is 0 Å². The molecule has 0 fully saturated rings. The van der Waals surface area contributed by atoms with E-state index in [2.05, 4.69) is 10.5 Å². The molecule has 1 aromatic carbocycles. The van der Waals surface area contributed by atoms with Crippen LogP contribution in [0.4, 0.5) is 0 Å². The maximum atomic E-state index is 11.4. The molecule has 0 saturated carbocycles. The Morgan fingerprint density at radius 3 is 2.56 bits per heavy atom. The standard InChI is InChI=1S/C12H12Cl2N2O2/c1-6-8(13)3-7(4-9(6)14)10-5-11(18-2)12(17)16-15-10/h3-4,11H,5H2,1-2H3,(H,16,17). The van der Waals surface area contributed by atoms with Crippen LogP contribution < -0.4 is 5.43 Å². The van der Waals surface area contributed by atoms with Crippen molar-refractivity contribution in [2.75, 3.05) is 7.11 Å². The lowest BCUT2D eigenvalue weighted by atomic mass is 10.0. The largest absolute Gasteiger partial charge is 0.371 e. The first-order valence-corrected chi connectivity index (χ1v) is 6.13. The number of nitrogens with zero attached hydrogens (tertiary/aromatic N) is 1. The van der Waals surface area contributed by atoms with E-state index >= 15 is 0 Å². The minimum atomic E-state index is -0.531. The fourth-order valence-electron chi connectivity index (χ4n) is 1.69. The number of amides is 1. The zero-order chi connectivity index (χ0) is 13.3. The van der Waals surface area contributed by atoms with Crippen molar-refractivity contribution in [1.82, 2.24) is 5.43 Å². The van der Waals surface area contributed by atoms with Crippen LogP contribution in [0.1, 0.15) is 17.5 Å². The average molecular weight is 287 g/mol. The van der Waals surface area contributed by atoms with Gasteiger partial charge in [-0.3, -0.25) is 4.79 Å². The van der Waals surface area contributed by atoms with Crippen LogP contribution >= 0.6 is 23.2 Å². The molecule has 0 saturated heterocycles. The number of ether oxygens (including phenoxy) is 1. The lowest BCUT2D eigenvalue weighted by Crippen LogP contribution is -2.39. The molecule has 1 amide bonds. The number of carbonyl (C=O) groups excluding carboxylic acids is 1. The molecule has 1 aliphatic rings. The maximum Gasteiger partial charge on any atom is 0.269 e. The minimum absolute atomic E-state index is 0.245. The summed E-state index contributed by atoms with van der Waals surface area (Å²) in [7, 11) is 1.49. The van der Waals surface area contributed by atoms with E-state index in [0.717, 1.165) is 11.1 Å². The van der Waals surface area contributed by atoms with E-state index in [1.165, 1.54) is 7.11 Å². The van der Waals surface area contributed by atoms with Crippen molar-refractivity contribution >= 4 is 34.8 Å². The Balaban J connectivity index is 2.35. The van der Waals surface area contributed by atoms with Gasteiger partial charge in [0.1, 0.15) is 6.10 Å². The Morgan fingerprint density at radius 1 is 1.39 bits per heavy atom. The van der Waals surface area contributed by atoms with Gasteiger partial charge in [-0.15, -0.1) is 0 Å². The smallest absolute Gasteiger partial charge is 0.269 e. The van der Waals surface area contributed by atoms with Crippen LogP contribution in [0.3, 0.4) is 0 Å². The van der Waals surface area contributed by atoms with E-state index in [-0.39, 0.29) is 5.91 Å². The summed E-state index contributed by atoms with van der Waals surface area (Å²) in [5.41, 5.74) is 4.74. The SMILES string of the molecule is COC1CC(c2cc(Cl)c(C)c(Cl)c2)=NNC1=O. The van der Waals surface area contributed by atoms with Gasteiger partial charge < -0.3 is 4.74 Å². The third-order valence-electron chi connectivity index (χ3n) is 2.87. The van der Waals surface area contributed by atoms with Crippen molar-refractivity contribution in [1.29, 1.82) is 0 Å². The normalized spacial score (nSPS) is 19.4. The molecule has 1 atom stereocenters. The van der Waals surface area contributed by atoms with Crippen molar-refractivity contribution in [2.45, 2.75) is 19.4 Å². The summed E-state index contributed by atoms with van der Waals surface area (Å²) < 4.78 is 5.08. The van der Waals surface area contributed by atoms with Crippen LogP contribution in [0.2, 0.25) is 10.0 Å². The fourth-order valence-corrected chi connectivity index (χ4v) is 2.18. The van der Waals surface area contributed by atoms with Crippen LogP contribution in [0, 0.1) is 6.92 Å². The number of nitrogens with one attached hydrogen (secondary N) is 1. The summed E-state index contributed by atoms with van der Waals surface area (Å²) >= 11 is 12.2. The minimum Gasteiger partial charge on any atom is -0.371 e. The number of hydrogen-bond donors (Lipinski definition) is 1. The molecule has 96 valence electrons. The van der Waals surface area contributed by atoms with Gasteiger partial charge in [-0.2, -0.15) is 5.10 Å². The zero-order valence-electron chi connectivity index (χ0n) is 9.96. The molecule has 0 radical (unpaired) electrons. The van der Waals surface area contributed by atoms with E-state index in [1.807, 2.05) is 6.92 Å². The molecular weight excluding hydrogens is 275 g/mol. The van der Waals surface area contributed by atoms with Crippen molar-refractivity contribution in [2.24, 2.45) is 5.10 Å².